The zero-order valence-corrected chi connectivity index (χ0v) is 15.4. The molecule has 6 heteroatoms. The Morgan fingerprint density at radius 3 is 2.80 bits per heavy atom. The van der Waals surface area contributed by atoms with Crippen LogP contribution in [0.5, 0.6) is 0 Å². The molecule has 1 saturated heterocycles. The SMILES string of the molecule is Brc1ccc2ncnc(NCc3ccccc3N3CCOCC3)c2c1. The highest BCUT2D eigenvalue weighted by Crippen LogP contribution is 2.26. The third-order valence-electron chi connectivity index (χ3n) is 4.39. The minimum Gasteiger partial charge on any atom is -0.378 e. The van der Waals surface area contributed by atoms with Crippen molar-refractivity contribution in [1.82, 2.24) is 9.97 Å². The van der Waals surface area contributed by atoms with E-state index in [0.717, 1.165) is 47.5 Å². The molecule has 3 aromatic rings. The first-order chi connectivity index (χ1) is 12.3. The Bertz CT molecular complexity index is 880. The Morgan fingerprint density at radius 1 is 1.08 bits per heavy atom. The van der Waals surface area contributed by atoms with E-state index in [9.17, 15) is 0 Å². The smallest absolute Gasteiger partial charge is 0.137 e. The number of hydrogen-bond donors (Lipinski definition) is 1. The summed E-state index contributed by atoms with van der Waals surface area (Å²) in [5.74, 6) is 0.850. The molecule has 1 N–H and O–H groups in total. The standard InChI is InChI=1S/C19H19BrN4O/c20-15-5-6-17-16(11-15)19(23-13-22-17)21-12-14-3-1-2-4-18(14)24-7-9-25-10-8-24/h1-6,11,13H,7-10,12H2,(H,21,22,23). The van der Waals surface area contributed by atoms with Crippen molar-refractivity contribution < 1.29 is 4.74 Å². The van der Waals surface area contributed by atoms with Crippen LogP contribution in [0.1, 0.15) is 5.56 Å². The van der Waals surface area contributed by atoms with Crippen molar-refractivity contribution >= 4 is 38.3 Å². The van der Waals surface area contributed by atoms with Gasteiger partial charge in [-0.1, -0.05) is 34.1 Å². The van der Waals surface area contributed by atoms with E-state index in [-0.39, 0.29) is 0 Å². The van der Waals surface area contributed by atoms with Crippen LogP contribution in [0.2, 0.25) is 0 Å². The molecule has 0 unspecified atom stereocenters. The van der Waals surface area contributed by atoms with Crippen LogP contribution in [-0.2, 0) is 11.3 Å². The van der Waals surface area contributed by atoms with Crippen LogP contribution in [0.15, 0.2) is 53.3 Å². The molecule has 0 bridgehead atoms. The molecule has 0 amide bonds. The first kappa shape index (κ1) is 16.3. The van der Waals surface area contributed by atoms with E-state index in [4.69, 9.17) is 4.74 Å². The number of halogens is 1. The van der Waals surface area contributed by atoms with Crippen LogP contribution < -0.4 is 10.2 Å². The number of nitrogens with zero attached hydrogens (tertiary/aromatic N) is 3. The van der Waals surface area contributed by atoms with E-state index in [1.165, 1.54) is 11.3 Å². The molecule has 1 aliphatic rings. The molecule has 128 valence electrons. The van der Waals surface area contributed by atoms with Crippen molar-refractivity contribution in [2.45, 2.75) is 6.54 Å². The number of ether oxygens (including phenoxy) is 1. The fourth-order valence-corrected chi connectivity index (χ4v) is 3.48. The van der Waals surface area contributed by atoms with Gasteiger partial charge in [0.05, 0.1) is 18.7 Å². The van der Waals surface area contributed by atoms with E-state index in [1.54, 1.807) is 6.33 Å². The molecule has 0 radical (unpaired) electrons. The molecule has 2 aromatic carbocycles. The third-order valence-corrected chi connectivity index (χ3v) is 4.88. The number of benzene rings is 2. The van der Waals surface area contributed by atoms with Gasteiger partial charge in [-0.3, -0.25) is 0 Å². The second-order valence-electron chi connectivity index (χ2n) is 5.97. The lowest BCUT2D eigenvalue weighted by Crippen LogP contribution is -2.36. The van der Waals surface area contributed by atoms with Gasteiger partial charge in [0.15, 0.2) is 0 Å². The zero-order chi connectivity index (χ0) is 17.1. The fraction of sp³-hybridized carbons (Fsp3) is 0.263. The third kappa shape index (κ3) is 3.60. The zero-order valence-electron chi connectivity index (χ0n) is 13.8. The summed E-state index contributed by atoms with van der Waals surface area (Å²) in [5, 5.41) is 4.50. The number of para-hydroxylation sites is 1. The van der Waals surface area contributed by atoms with Crippen LogP contribution in [0.25, 0.3) is 10.9 Å². The van der Waals surface area contributed by atoms with Crippen LogP contribution >= 0.6 is 15.9 Å². The van der Waals surface area contributed by atoms with Gasteiger partial charge in [0.2, 0.25) is 0 Å². The molecule has 1 aliphatic heterocycles. The van der Waals surface area contributed by atoms with Gasteiger partial charge in [-0.25, -0.2) is 9.97 Å². The minimum absolute atomic E-state index is 0.714. The number of anilines is 2. The van der Waals surface area contributed by atoms with Gasteiger partial charge in [0.1, 0.15) is 12.1 Å². The predicted octanol–water partition coefficient (Wildman–Crippen LogP) is 3.84. The molecule has 0 atom stereocenters. The van der Waals surface area contributed by atoms with Gasteiger partial charge >= 0.3 is 0 Å². The number of aromatic nitrogens is 2. The van der Waals surface area contributed by atoms with Crippen molar-refractivity contribution in [3.05, 3.63) is 58.8 Å². The van der Waals surface area contributed by atoms with E-state index in [1.807, 2.05) is 18.2 Å². The van der Waals surface area contributed by atoms with Gasteiger partial charge < -0.3 is 15.0 Å². The lowest BCUT2D eigenvalue weighted by molar-refractivity contribution is 0.122. The average molecular weight is 399 g/mol. The maximum Gasteiger partial charge on any atom is 0.137 e. The van der Waals surface area contributed by atoms with Crippen LogP contribution in [0, 0.1) is 0 Å². The Hall–Kier alpha value is -2.18. The molecule has 0 aliphatic carbocycles. The molecular weight excluding hydrogens is 380 g/mol. The van der Waals surface area contributed by atoms with Crippen molar-refractivity contribution in [1.29, 1.82) is 0 Å². The van der Waals surface area contributed by atoms with Gasteiger partial charge in [-0.2, -0.15) is 0 Å². The highest BCUT2D eigenvalue weighted by atomic mass is 79.9. The number of nitrogens with one attached hydrogen (secondary N) is 1. The molecule has 25 heavy (non-hydrogen) atoms. The van der Waals surface area contributed by atoms with Crippen LogP contribution in [-0.4, -0.2) is 36.3 Å². The molecule has 1 aromatic heterocycles. The largest absolute Gasteiger partial charge is 0.378 e. The van der Waals surface area contributed by atoms with Gasteiger partial charge in [-0.05, 0) is 29.8 Å². The summed E-state index contributed by atoms with van der Waals surface area (Å²) in [6.45, 7) is 4.14. The van der Waals surface area contributed by atoms with Crippen molar-refractivity contribution in [3.8, 4) is 0 Å². The molecule has 2 heterocycles. The van der Waals surface area contributed by atoms with Crippen molar-refractivity contribution in [2.75, 3.05) is 36.5 Å². The number of rotatable bonds is 4. The van der Waals surface area contributed by atoms with Gasteiger partial charge in [-0.15, -0.1) is 0 Å². The topological polar surface area (TPSA) is 50.3 Å². The second-order valence-corrected chi connectivity index (χ2v) is 6.88. The number of fused-ring (bicyclic) bond motifs is 1. The maximum absolute atomic E-state index is 5.47. The van der Waals surface area contributed by atoms with E-state index in [0.29, 0.717) is 6.54 Å². The fourth-order valence-electron chi connectivity index (χ4n) is 3.12. The van der Waals surface area contributed by atoms with Gasteiger partial charge in [0.25, 0.3) is 0 Å². The average Bonchev–Trinajstić information content (AvgIpc) is 2.67. The van der Waals surface area contributed by atoms with Gasteiger partial charge in [0, 0.05) is 35.2 Å². The highest BCUT2D eigenvalue weighted by Gasteiger charge is 2.14. The lowest BCUT2D eigenvalue weighted by Gasteiger charge is -2.30. The summed E-state index contributed by atoms with van der Waals surface area (Å²) in [4.78, 5) is 11.1. The molecule has 1 fully saturated rings. The quantitative estimate of drug-likeness (QED) is 0.723. The summed E-state index contributed by atoms with van der Waals surface area (Å²) in [6, 6.07) is 14.5. The van der Waals surface area contributed by atoms with E-state index in [2.05, 4.69) is 60.4 Å². The van der Waals surface area contributed by atoms with E-state index >= 15 is 0 Å². The first-order valence-electron chi connectivity index (χ1n) is 8.36. The molecule has 0 spiro atoms. The lowest BCUT2D eigenvalue weighted by atomic mass is 10.1. The first-order valence-corrected chi connectivity index (χ1v) is 9.15. The van der Waals surface area contributed by atoms with Crippen LogP contribution in [0.4, 0.5) is 11.5 Å². The van der Waals surface area contributed by atoms with Crippen molar-refractivity contribution in [3.63, 3.8) is 0 Å². The molecule has 4 rings (SSSR count). The summed E-state index contributed by atoms with van der Waals surface area (Å²) in [5.41, 5.74) is 3.45. The molecule has 5 nitrogen and oxygen atoms in total. The summed E-state index contributed by atoms with van der Waals surface area (Å²) < 4.78 is 6.49. The Morgan fingerprint density at radius 2 is 1.92 bits per heavy atom. The normalized spacial score (nSPS) is 14.7. The molecule has 0 saturated carbocycles. The summed E-state index contributed by atoms with van der Waals surface area (Å²) >= 11 is 3.52. The Labute approximate surface area is 155 Å². The Balaban J connectivity index is 1.59. The Kier molecular flexibility index (Phi) is 4.81. The van der Waals surface area contributed by atoms with Crippen molar-refractivity contribution in [2.24, 2.45) is 0 Å². The maximum atomic E-state index is 5.47. The minimum atomic E-state index is 0.714. The van der Waals surface area contributed by atoms with Crippen LogP contribution in [0.3, 0.4) is 0 Å². The summed E-state index contributed by atoms with van der Waals surface area (Å²) in [6.07, 6.45) is 1.60. The number of morpholine rings is 1. The summed E-state index contributed by atoms with van der Waals surface area (Å²) in [7, 11) is 0. The number of hydrogen-bond acceptors (Lipinski definition) is 5. The second kappa shape index (κ2) is 7.37. The monoisotopic (exact) mass is 398 g/mol. The molecular formula is C19H19BrN4O. The van der Waals surface area contributed by atoms with E-state index < -0.39 is 0 Å². The predicted molar refractivity (Wildman–Crippen MR) is 104 cm³/mol. The highest BCUT2D eigenvalue weighted by molar-refractivity contribution is 9.10.